The Balaban J connectivity index is 2.37. The molecule has 1 heterocycles. The van der Waals surface area contributed by atoms with E-state index in [0.717, 1.165) is 24.3 Å². The highest BCUT2D eigenvalue weighted by Crippen LogP contribution is 2.12. The molecule has 0 fully saturated rings. The summed E-state index contributed by atoms with van der Waals surface area (Å²) in [6, 6.07) is 8.37. The first-order valence-electron chi connectivity index (χ1n) is 5.48. The lowest BCUT2D eigenvalue weighted by Crippen LogP contribution is -2.11. The standard InChI is InChI=1S/C12H16N4/c1-3-10-5-4-6-11(7-10)16-12(8-13-2)9-14-15-16/h4-7,9,13H,3,8H2,1-2H3. The number of benzene rings is 1. The first-order valence-corrected chi connectivity index (χ1v) is 5.48. The average molecular weight is 216 g/mol. The van der Waals surface area contributed by atoms with Crippen LogP contribution in [0, 0.1) is 0 Å². The summed E-state index contributed by atoms with van der Waals surface area (Å²) in [6.45, 7) is 2.91. The van der Waals surface area contributed by atoms with Crippen LogP contribution in [0.2, 0.25) is 0 Å². The summed E-state index contributed by atoms with van der Waals surface area (Å²) in [5.41, 5.74) is 3.45. The Bertz CT molecular complexity index is 462. The van der Waals surface area contributed by atoms with Gasteiger partial charge in [-0.05, 0) is 31.2 Å². The number of nitrogens with zero attached hydrogens (tertiary/aromatic N) is 3. The summed E-state index contributed by atoms with van der Waals surface area (Å²) >= 11 is 0. The molecular weight excluding hydrogens is 200 g/mol. The molecule has 0 aliphatic heterocycles. The zero-order valence-corrected chi connectivity index (χ0v) is 9.64. The third-order valence-electron chi connectivity index (χ3n) is 2.54. The SMILES string of the molecule is CCc1cccc(-n2nncc2CNC)c1. The zero-order valence-electron chi connectivity index (χ0n) is 9.64. The summed E-state index contributed by atoms with van der Waals surface area (Å²) in [6.07, 6.45) is 2.82. The van der Waals surface area contributed by atoms with E-state index < -0.39 is 0 Å². The molecular formula is C12H16N4. The lowest BCUT2D eigenvalue weighted by molar-refractivity contribution is 0.713. The van der Waals surface area contributed by atoms with Crippen molar-refractivity contribution in [1.29, 1.82) is 0 Å². The summed E-state index contributed by atoms with van der Waals surface area (Å²) in [7, 11) is 1.92. The summed E-state index contributed by atoms with van der Waals surface area (Å²) in [5, 5.41) is 11.2. The lowest BCUT2D eigenvalue weighted by Gasteiger charge is -2.06. The van der Waals surface area contributed by atoms with Crippen LogP contribution >= 0.6 is 0 Å². The highest BCUT2D eigenvalue weighted by atomic mass is 15.4. The van der Waals surface area contributed by atoms with Gasteiger partial charge in [0, 0.05) is 6.54 Å². The van der Waals surface area contributed by atoms with Gasteiger partial charge in [-0.2, -0.15) is 0 Å². The zero-order chi connectivity index (χ0) is 11.4. The van der Waals surface area contributed by atoms with Gasteiger partial charge in [0.25, 0.3) is 0 Å². The van der Waals surface area contributed by atoms with Crippen LogP contribution in [0.3, 0.4) is 0 Å². The maximum Gasteiger partial charge on any atom is 0.0783 e. The molecule has 0 radical (unpaired) electrons. The van der Waals surface area contributed by atoms with E-state index in [9.17, 15) is 0 Å². The van der Waals surface area contributed by atoms with Gasteiger partial charge >= 0.3 is 0 Å². The molecule has 2 rings (SSSR count). The fourth-order valence-electron chi connectivity index (χ4n) is 1.68. The molecule has 1 aromatic carbocycles. The van der Waals surface area contributed by atoms with Crippen molar-refractivity contribution in [2.24, 2.45) is 0 Å². The molecule has 4 nitrogen and oxygen atoms in total. The Morgan fingerprint density at radius 1 is 1.38 bits per heavy atom. The van der Waals surface area contributed by atoms with Crippen molar-refractivity contribution < 1.29 is 0 Å². The highest BCUT2D eigenvalue weighted by Gasteiger charge is 2.05. The molecule has 0 unspecified atom stereocenters. The van der Waals surface area contributed by atoms with Gasteiger partial charge in [-0.25, -0.2) is 4.68 Å². The van der Waals surface area contributed by atoms with E-state index in [-0.39, 0.29) is 0 Å². The fraction of sp³-hybridized carbons (Fsp3) is 0.333. The predicted molar refractivity (Wildman–Crippen MR) is 63.5 cm³/mol. The van der Waals surface area contributed by atoms with Crippen LogP contribution in [0.1, 0.15) is 18.2 Å². The molecule has 16 heavy (non-hydrogen) atoms. The second-order valence-corrected chi connectivity index (χ2v) is 3.69. The second-order valence-electron chi connectivity index (χ2n) is 3.69. The van der Waals surface area contributed by atoms with E-state index in [1.54, 1.807) is 6.20 Å². The predicted octanol–water partition coefficient (Wildman–Crippen LogP) is 1.55. The molecule has 0 saturated carbocycles. The summed E-state index contributed by atoms with van der Waals surface area (Å²) in [5.74, 6) is 0. The molecule has 0 spiro atoms. The Kier molecular flexibility index (Phi) is 3.31. The van der Waals surface area contributed by atoms with E-state index in [1.807, 2.05) is 17.8 Å². The van der Waals surface area contributed by atoms with E-state index in [2.05, 4.69) is 40.8 Å². The maximum atomic E-state index is 4.11. The third kappa shape index (κ3) is 2.12. The van der Waals surface area contributed by atoms with Gasteiger partial charge in [0.05, 0.1) is 17.6 Å². The van der Waals surface area contributed by atoms with Gasteiger partial charge in [-0.1, -0.05) is 24.3 Å². The Morgan fingerprint density at radius 2 is 2.25 bits per heavy atom. The minimum absolute atomic E-state index is 0.767. The average Bonchev–Trinajstić information content (AvgIpc) is 2.78. The maximum absolute atomic E-state index is 4.11. The molecule has 0 bridgehead atoms. The number of hydrogen-bond acceptors (Lipinski definition) is 3. The first-order chi connectivity index (χ1) is 7.85. The number of aromatic nitrogens is 3. The van der Waals surface area contributed by atoms with Crippen LogP contribution in [0.4, 0.5) is 0 Å². The Hall–Kier alpha value is -1.68. The van der Waals surface area contributed by atoms with E-state index in [4.69, 9.17) is 0 Å². The van der Waals surface area contributed by atoms with Crippen molar-refractivity contribution in [2.45, 2.75) is 19.9 Å². The second kappa shape index (κ2) is 4.90. The van der Waals surface area contributed by atoms with Crippen LogP contribution in [0.5, 0.6) is 0 Å². The highest BCUT2D eigenvalue weighted by molar-refractivity contribution is 5.36. The van der Waals surface area contributed by atoms with Crippen LogP contribution in [-0.2, 0) is 13.0 Å². The van der Waals surface area contributed by atoms with Crippen molar-refractivity contribution in [3.8, 4) is 5.69 Å². The van der Waals surface area contributed by atoms with Crippen LogP contribution in [0.15, 0.2) is 30.5 Å². The topological polar surface area (TPSA) is 42.7 Å². The van der Waals surface area contributed by atoms with Gasteiger partial charge < -0.3 is 5.32 Å². The summed E-state index contributed by atoms with van der Waals surface area (Å²) in [4.78, 5) is 0. The van der Waals surface area contributed by atoms with Crippen molar-refractivity contribution in [3.63, 3.8) is 0 Å². The van der Waals surface area contributed by atoms with Gasteiger partial charge in [0.1, 0.15) is 0 Å². The van der Waals surface area contributed by atoms with Crippen LogP contribution in [-0.4, -0.2) is 22.0 Å². The molecule has 0 atom stereocenters. The number of nitrogens with one attached hydrogen (secondary N) is 1. The minimum Gasteiger partial charge on any atom is -0.314 e. The fourth-order valence-corrected chi connectivity index (χ4v) is 1.68. The molecule has 0 aliphatic carbocycles. The smallest absolute Gasteiger partial charge is 0.0783 e. The Morgan fingerprint density at radius 3 is 3.00 bits per heavy atom. The number of rotatable bonds is 4. The van der Waals surface area contributed by atoms with Crippen molar-refractivity contribution in [2.75, 3.05) is 7.05 Å². The van der Waals surface area contributed by atoms with Crippen molar-refractivity contribution in [3.05, 3.63) is 41.7 Å². The lowest BCUT2D eigenvalue weighted by atomic mass is 10.1. The van der Waals surface area contributed by atoms with Crippen LogP contribution < -0.4 is 5.32 Å². The molecule has 2 aromatic rings. The molecule has 0 aliphatic rings. The molecule has 0 saturated heterocycles. The molecule has 1 aromatic heterocycles. The van der Waals surface area contributed by atoms with Crippen molar-refractivity contribution >= 4 is 0 Å². The molecule has 1 N–H and O–H groups in total. The van der Waals surface area contributed by atoms with E-state index in [1.165, 1.54) is 5.56 Å². The third-order valence-corrected chi connectivity index (χ3v) is 2.54. The Labute approximate surface area is 95.3 Å². The largest absolute Gasteiger partial charge is 0.314 e. The first kappa shape index (κ1) is 10.8. The van der Waals surface area contributed by atoms with E-state index in [0.29, 0.717) is 0 Å². The number of hydrogen-bond donors (Lipinski definition) is 1. The monoisotopic (exact) mass is 216 g/mol. The van der Waals surface area contributed by atoms with Gasteiger partial charge in [-0.3, -0.25) is 0 Å². The van der Waals surface area contributed by atoms with Crippen LogP contribution in [0.25, 0.3) is 5.69 Å². The normalized spacial score (nSPS) is 10.6. The van der Waals surface area contributed by atoms with Gasteiger partial charge in [-0.15, -0.1) is 5.10 Å². The summed E-state index contributed by atoms with van der Waals surface area (Å²) < 4.78 is 1.87. The molecule has 0 amide bonds. The minimum atomic E-state index is 0.767. The molecule has 84 valence electrons. The van der Waals surface area contributed by atoms with E-state index >= 15 is 0 Å². The van der Waals surface area contributed by atoms with Crippen molar-refractivity contribution in [1.82, 2.24) is 20.3 Å². The number of aryl methyl sites for hydroxylation is 1. The van der Waals surface area contributed by atoms with Gasteiger partial charge in [0.15, 0.2) is 0 Å². The molecule has 4 heteroatoms. The quantitative estimate of drug-likeness (QED) is 0.843. The van der Waals surface area contributed by atoms with Gasteiger partial charge in [0.2, 0.25) is 0 Å².